The smallest absolute Gasteiger partial charge is 0.273 e. The van der Waals surface area contributed by atoms with Crippen LogP contribution in [0.15, 0.2) is 47.3 Å². The molecule has 0 unspecified atom stereocenters. The second-order valence-electron chi connectivity index (χ2n) is 4.64. The molecule has 0 saturated carbocycles. The van der Waals surface area contributed by atoms with Crippen LogP contribution in [0.3, 0.4) is 0 Å². The van der Waals surface area contributed by atoms with E-state index in [9.17, 15) is 14.9 Å². The van der Waals surface area contributed by atoms with Gasteiger partial charge in [-0.25, -0.2) is 0 Å². The predicted octanol–water partition coefficient (Wildman–Crippen LogP) is 4.49. The molecule has 0 fully saturated rings. The highest BCUT2D eigenvalue weighted by atomic mass is 127. The van der Waals surface area contributed by atoms with Crippen molar-refractivity contribution in [2.45, 2.75) is 0 Å². The topological polar surface area (TPSA) is 85.2 Å². The minimum atomic E-state index is -0.506. The molecule has 3 aromatic rings. The van der Waals surface area contributed by atoms with E-state index in [1.54, 1.807) is 24.3 Å². The molecule has 23 heavy (non-hydrogen) atoms. The standard InChI is InChI=1S/C15H8ClIN2O4/c16-8-4-5-11-12(6-8)18-15(20)13(17)14(11)23-10-3-1-2-9(7-10)19(21)22/h1-7H,(H,18,20). The number of aromatic nitrogens is 1. The van der Waals surface area contributed by atoms with Gasteiger partial charge in [0.1, 0.15) is 9.32 Å². The summed E-state index contributed by atoms with van der Waals surface area (Å²) in [6.07, 6.45) is 0. The molecular formula is C15H8ClIN2O4. The lowest BCUT2D eigenvalue weighted by atomic mass is 10.2. The highest BCUT2D eigenvalue weighted by molar-refractivity contribution is 14.1. The fourth-order valence-electron chi connectivity index (χ4n) is 2.09. The number of pyridine rings is 1. The summed E-state index contributed by atoms with van der Waals surface area (Å²) in [5.74, 6) is 0.612. The summed E-state index contributed by atoms with van der Waals surface area (Å²) >= 11 is 7.81. The molecule has 0 aliphatic heterocycles. The molecule has 0 atom stereocenters. The minimum absolute atomic E-state index is 0.0882. The molecule has 0 spiro atoms. The Bertz CT molecular complexity index is 987. The summed E-state index contributed by atoms with van der Waals surface area (Å²) in [6.45, 7) is 0. The number of ether oxygens (including phenoxy) is 1. The highest BCUT2D eigenvalue weighted by Crippen LogP contribution is 2.33. The van der Waals surface area contributed by atoms with Crippen LogP contribution in [-0.4, -0.2) is 9.91 Å². The van der Waals surface area contributed by atoms with Gasteiger partial charge in [-0.15, -0.1) is 0 Å². The monoisotopic (exact) mass is 442 g/mol. The second kappa shape index (κ2) is 6.17. The Balaban J connectivity index is 2.16. The van der Waals surface area contributed by atoms with Crippen LogP contribution < -0.4 is 10.3 Å². The fourth-order valence-corrected chi connectivity index (χ4v) is 2.80. The molecule has 2 aromatic carbocycles. The summed E-state index contributed by atoms with van der Waals surface area (Å²) in [7, 11) is 0. The van der Waals surface area contributed by atoms with Gasteiger partial charge in [0.15, 0.2) is 5.75 Å². The summed E-state index contributed by atoms with van der Waals surface area (Å²) in [5, 5.41) is 12.0. The summed E-state index contributed by atoms with van der Waals surface area (Å²) in [4.78, 5) is 25.1. The first-order valence-electron chi connectivity index (χ1n) is 6.39. The first-order chi connectivity index (χ1) is 11.0. The van der Waals surface area contributed by atoms with Crippen molar-refractivity contribution in [2.75, 3.05) is 0 Å². The third-order valence-electron chi connectivity index (χ3n) is 3.12. The largest absolute Gasteiger partial charge is 0.455 e. The Hall–Kier alpha value is -2.13. The molecule has 3 rings (SSSR count). The van der Waals surface area contributed by atoms with Crippen LogP contribution in [0.4, 0.5) is 5.69 Å². The lowest BCUT2D eigenvalue weighted by molar-refractivity contribution is -0.384. The molecule has 1 N–H and O–H groups in total. The van der Waals surface area contributed by atoms with E-state index >= 15 is 0 Å². The molecule has 0 bridgehead atoms. The van der Waals surface area contributed by atoms with Crippen LogP contribution in [-0.2, 0) is 0 Å². The number of halogens is 2. The van der Waals surface area contributed by atoms with E-state index < -0.39 is 4.92 Å². The molecule has 0 aliphatic rings. The summed E-state index contributed by atoms with van der Waals surface area (Å²) in [5.41, 5.74) is 0.124. The van der Waals surface area contributed by atoms with Gasteiger partial charge in [0.2, 0.25) is 0 Å². The maximum absolute atomic E-state index is 12.0. The predicted molar refractivity (Wildman–Crippen MR) is 95.5 cm³/mol. The summed E-state index contributed by atoms with van der Waals surface area (Å²) in [6, 6.07) is 10.8. The van der Waals surface area contributed by atoms with Crippen LogP contribution >= 0.6 is 34.2 Å². The van der Waals surface area contributed by atoms with Crippen molar-refractivity contribution in [3.05, 3.63) is 71.5 Å². The van der Waals surface area contributed by atoms with Crippen molar-refractivity contribution in [2.24, 2.45) is 0 Å². The maximum Gasteiger partial charge on any atom is 0.273 e. The normalized spacial score (nSPS) is 10.7. The van der Waals surface area contributed by atoms with Crippen LogP contribution in [0.25, 0.3) is 10.9 Å². The molecule has 1 heterocycles. The first-order valence-corrected chi connectivity index (χ1v) is 7.85. The SMILES string of the molecule is O=c1[nH]c2cc(Cl)ccc2c(Oc2cccc([N+](=O)[O-])c2)c1I. The van der Waals surface area contributed by atoms with Crippen LogP contribution in [0.5, 0.6) is 11.5 Å². The number of hydrogen-bond acceptors (Lipinski definition) is 4. The molecule has 6 nitrogen and oxygen atoms in total. The van der Waals surface area contributed by atoms with Gasteiger partial charge in [-0.1, -0.05) is 17.7 Å². The van der Waals surface area contributed by atoms with Crippen molar-refractivity contribution in [1.29, 1.82) is 0 Å². The Kier molecular flexibility index (Phi) is 4.22. The first kappa shape index (κ1) is 15.8. The van der Waals surface area contributed by atoms with Crippen molar-refractivity contribution < 1.29 is 9.66 Å². The van der Waals surface area contributed by atoms with Gasteiger partial charge in [-0.2, -0.15) is 0 Å². The number of nitrogens with zero attached hydrogens (tertiary/aromatic N) is 1. The molecule has 0 radical (unpaired) electrons. The number of benzene rings is 2. The van der Waals surface area contributed by atoms with Crippen LogP contribution in [0.1, 0.15) is 0 Å². The minimum Gasteiger partial charge on any atom is -0.455 e. The third-order valence-corrected chi connectivity index (χ3v) is 4.34. The van der Waals surface area contributed by atoms with Gasteiger partial charge < -0.3 is 9.72 Å². The molecule has 8 heteroatoms. The van der Waals surface area contributed by atoms with Crippen molar-refractivity contribution in [3.63, 3.8) is 0 Å². The molecule has 116 valence electrons. The quantitative estimate of drug-likeness (QED) is 0.368. The van der Waals surface area contributed by atoms with Gasteiger partial charge in [0.05, 0.1) is 16.5 Å². The molecule has 1 aromatic heterocycles. The van der Waals surface area contributed by atoms with Gasteiger partial charge in [-0.05, 0) is 46.9 Å². The maximum atomic E-state index is 12.0. The third kappa shape index (κ3) is 3.15. The number of rotatable bonds is 3. The number of aromatic amines is 1. The van der Waals surface area contributed by atoms with Gasteiger partial charge >= 0.3 is 0 Å². The molecule has 0 amide bonds. The molecule has 0 aliphatic carbocycles. The van der Waals surface area contributed by atoms with E-state index in [1.807, 2.05) is 22.6 Å². The second-order valence-corrected chi connectivity index (χ2v) is 6.16. The number of fused-ring (bicyclic) bond motifs is 1. The zero-order valence-electron chi connectivity index (χ0n) is 11.4. The van der Waals surface area contributed by atoms with Crippen molar-refractivity contribution in [1.82, 2.24) is 4.98 Å². The Morgan fingerprint density at radius 1 is 1.22 bits per heavy atom. The number of nitro benzene ring substituents is 1. The van der Waals surface area contributed by atoms with Crippen molar-refractivity contribution in [3.8, 4) is 11.5 Å². The zero-order valence-corrected chi connectivity index (χ0v) is 14.3. The van der Waals surface area contributed by atoms with Gasteiger partial charge in [-0.3, -0.25) is 14.9 Å². The lowest BCUT2D eigenvalue weighted by Crippen LogP contribution is -2.11. The Morgan fingerprint density at radius 3 is 2.74 bits per heavy atom. The average molecular weight is 443 g/mol. The van der Waals surface area contributed by atoms with E-state index in [-0.39, 0.29) is 17.0 Å². The lowest BCUT2D eigenvalue weighted by Gasteiger charge is -2.11. The number of hydrogen-bond donors (Lipinski definition) is 1. The highest BCUT2D eigenvalue weighted by Gasteiger charge is 2.14. The Labute approximate surface area is 148 Å². The molecular weight excluding hydrogens is 435 g/mol. The van der Waals surface area contributed by atoms with E-state index in [4.69, 9.17) is 16.3 Å². The van der Waals surface area contributed by atoms with Gasteiger partial charge in [0.25, 0.3) is 11.2 Å². The zero-order chi connectivity index (χ0) is 16.6. The average Bonchev–Trinajstić information content (AvgIpc) is 2.52. The van der Waals surface area contributed by atoms with E-state index in [1.165, 1.54) is 18.2 Å². The van der Waals surface area contributed by atoms with Crippen molar-refractivity contribution >= 4 is 50.8 Å². The van der Waals surface area contributed by atoms with E-state index in [0.717, 1.165) is 0 Å². The number of nitro groups is 1. The number of non-ortho nitro benzene ring substituents is 1. The Morgan fingerprint density at radius 2 is 2.00 bits per heavy atom. The summed E-state index contributed by atoms with van der Waals surface area (Å²) < 4.78 is 6.11. The number of nitrogens with one attached hydrogen (secondary N) is 1. The number of H-pyrrole nitrogens is 1. The van der Waals surface area contributed by atoms with Crippen LogP contribution in [0, 0.1) is 13.7 Å². The van der Waals surface area contributed by atoms with Gasteiger partial charge in [0, 0.05) is 16.5 Å². The van der Waals surface area contributed by atoms with E-state index in [0.29, 0.717) is 25.2 Å². The molecule has 0 saturated heterocycles. The van der Waals surface area contributed by atoms with E-state index in [2.05, 4.69) is 4.98 Å². The fraction of sp³-hybridized carbons (Fsp3) is 0. The van der Waals surface area contributed by atoms with Crippen LogP contribution in [0.2, 0.25) is 5.02 Å².